The third-order valence-corrected chi connectivity index (χ3v) is 4.00. The monoisotopic (exact) mass is 346 g/mol. The Labute approximate surface area is 153 Å². The number of hydrogen-bond donors (Lipinski definition) is 2. The molecule has 4 nitrogen and oxygen atoms in total. The topological polar surface area (TPSA) is 64.4 Å². The van der Waals surface area contributed by atoms with E-state index in [1.165, 1.54) is 5.56 Å². The minimum atomic E-state index is -0.350. The number of hydrogen-bond acceptors (Lipinski definition) is 3. The highest BCUT2D eigenvalue weighted by Crippen LogP contribution is 2.24. The molecule has 3 rings (SSSR count). The summed E-state index contributed by atoms with van der Waals surface area (Å²) >= 11 is 0. The highest BCUT2D eigenvalue weighted by molar-refractivity contribution is 5.79. The van der Waals surface area contributed by atoms with Crippen LogP contribution in [0.15, 0.2) is 78.9 Å². The van der Waals surface area contributed by atoms with Crippen molar-refractivity contribution in [1.29, 1.82) is 0 Å². The highest BCUT2D eigenvalue weighted by atomic mass is 16.5. The summed E-state index contributed by atoms with van der Waals surface area (Å²) in [5.41, 5.74) is 9.22. The number of para-hydroxylation sites is 1. The van der Waals surface area contributed by atoms with Gasteiger partial charge in [0.1, 0.15) is 5.75 Å². The molecule has 0 aliphatic heterocycles. The summed E-state index contributed by atoms with van der Waals surface area (Å²) in [7, 11) is 0. The second-order valence-electron chi connectivity index (χ2n) is 6.04. The van der Waals surface area contributed by atoms with Gasteiger partial charge in [0.15, 0.2) is 0 Å². The number of carbonyl (C=O) groups is 1. The minimum Gasteiger partial charge on any atom is -0.493 e. The summed E-state index contributed by atoms with van der Waals surface area (Å²) in [6.07, 6.45) is 1.07. The molecule has 1 amide bonds. The van der Waals surface area contributed by atoms with E-state index in [1.54, 1.807) is 0 Å². The van der Waals surface area contributed by atoms with Gasteiger partial charge in [0.2, 0.25) is 5.91 Å². The Bertz CT molecular complexity index is 863. The average Bonchev–Trinajstić information content (AvgIpc) is 2.64. The largest absolute Gasteiger partial charge is 0.493 e. The molecule has 3 aromatic carbocycles. The number of rotatable bonds is 8. The number of benzene rings is 3. The number of primary amides is 1. The predicted molar refractivity (Wildman–Crippen MR) is 105 cm³/mol. The first kappa shape index (κ1) is 17.5. The maximum atomic E-state index is 11.2. The summed E-state index contributed by atoms with van der Waals surface area (Å²) in [4.78, 5) is 11.2. The lowest BCUT2D eigenvalue weighted by atomic mass is 10.1. The highest BCUT2D eigenvalue weighted by Gasteiger charge is 2.06. The van der Waals surface area contributed by atoms with Crippen molar-refractivity contribution in [2.75, 3.05) is 11.9 Å². The van der Waals surface area contributed by atoms with E-state index in [0.29, 0.717) is 6.61 Å². The van der Waals surface area contributed by atoms with E-state index in [9.17, 15) is 4.79 Å². The molecule has 0 bridgehead atoms. The Kier molecular flexibility index (Phi) is 5.88. The Morgan fingerprint density at radius 3 is 2.50 bits per heavy atom. The van der Waals surface area contributed by atoms with Gasteiger partial charge in [-0.3, -0.25) is 4.79 Å². The maximum absolute atomic E-state index is 11.2. The van der Waals surface area contributed by atoms with Crippen molar-refractivity contribution in [3.05, 3.63) is 90.0 Å². The molecule has 0 atom stereocenters. The molecule has 3 N–H and O–H groups in total. The quantitative estimate of drug-likeness (QED) is 0.646. The third kappa shape index (κ3) is 5.11. The summed E-state index contributed by atoms with van der Waals surface area (Å²) in [5, 5.41) is 3.34. The normalized spacial score (nSPS) is 10.3. The van der Waals surface area contributed by atoms with Gasteiger partial charge < -0.3 is 15.8 Å². The Hall–Kier alpha value is -3.27. The van der Waals surface area contributed by atoms with Gasteiger partial charge in [-0.1, -0.05) is 54.6 Å². The molecule has 0 aliphatic rings. The van der Waals surface area contributed by atoms with E-state index in [2.05, 4.69) is 17.4 Å². The smallest absolute Gasteiger partial charge is 0.221 e. The van der Waals surface area contributed by atoms with E-state index < -0.39 is 0 Å². The average molecular weight is 346 g/mol. The van der Waals surface area contributed by atoms with Crippen molar-refractivity contribution >= 4 is 17.3 Å². The van der Waals surface area contributed by atoms with Crippen molar-refractivity contribution in [2.24, 2.45) is 5.73 Å². The maximum Gasteiger partial charge on any atom is 0.221 e. The fourth-order valence-corrected chi connectivity index (χ4v) is 2.73. The molecule has 0 spiro atoms. The lowest BCUT2D eigenvalue weighted by molar-refractivity contribution is -0.117. The van der Waals surface area contributed by atoms with Crippen LogP contribution in [0, 0.1) is 0 Å². The van der Waals surface area contributed by atoms with Crippen LogP contribution in [0.3, 0.4) is 0 Å². The minimum absolute atomic E-state index is 0.205. The fraction of sp³-hybridized carbons (Fsp3) is 0.136. The molecule has 0 fully saturated rings. The van der Waals surface area contributed by atoms with Gasteiger partial charge in [0.25, 0.3) is 0 Å². The molecule has 3 aromatic rings. The van der Waals surface area contributed by atoms with Crippen molar-refractivity contribution in [3.8, 4) is 5.75 Å². The summed E-state index contributed by atoms with van der Waals surface area (Å²) < 4.78 is 5.87. The van der Waals surface area contributed by atoms with E-state index >= 15 is 0 Å². The molecule has 132 valence electrons. The van der Waals surface area contributed by atoms with Crippen molar-refractivity contribution in [2.45, 2.75) is 12.8 Å². The van der Waals surface area contributed by atoms with Gasteiger partial charge in [-0.25, -0.2) is 0 Å². The van der Waals surface area contributed by atoms with Crippen LogP contribution in [-0.4, -0.2) is 12.5 Å². The van der Waals surface area contributed by atoms with Crippen LogP contribution >= 0.6 is 0 Å². The molecule has 0 unspecified atom stereocenters. The second kappa shape index (κ2) is 8.72. The number of ether oxygens (including phenoxy) is 1. The lowest BCUT2D eigenvalue weighted by Gasteiger charge is -2.13. The fourth-order valence-electron chi connectivity index (χ4n) is 2.73. The van der Waals surface area contributed by atoms with E-state index in [4.69, 9.17) is 10.5 Å². The summed E-state index contributed by atoms with van der Waals surface area (Å²) in [6, 6.07) is 25.7. The van der Waals surface area contributed by atoms with Gasteiger partial charge in [0.05, 0.1) is 13.0 Å². The van der Waals surface area contributed by atoms with Crippen LogP contribution in [0.5, 0.6) is 5.75 Å². The Morgan fingerprint density at radius 1 is 0.923 bits per heavy atom. The molecular formula is C22H22N2O2. The van der Waals surface area contributed by atoms with E-state index in [-0.39, 0.29) is 12.3 Å². The van der Waals surface area contributed by atoms with Crippen LogP contribution < -0.4 is 15.8 Å². The second-order valence-corrected chi connectivity index (χ2v) is 6.04. The number of amides is 1. The molecule has 26 heavy (non-hydrogen) atoms. The van der Waals surface area contributed by atoms with Crippen molar-refractivity contribution in [3.63, 3.8) is 0 Å². The lowest BCUT2D eigenvalue weighted by Crippen LogP contribution is -2.14. The SMILES string of the molecule is NC(=O)Cc1ccccc1Nc1cccc(OCCc2ccccc2)c1. The first-order valence-corrected chi connectivity index (χ1v) is 8.61. The van der Waals surface area contributed by atoms with Gasteiger partial charge >= 0.3 is 0 Å². The zero-order valence-corrected chi connectivity index (χ0v) is 14.5. The number of nitrogens with two attached hydrogens (primary N) is 1. The first-order valence-electron chi connectivity index (χ1n) is 8.61. The number of nitrogens with one attached hydrogen (secondary N) is 1. The van der Waals surface area contributed by atoms with Crippen LogP contribution in [0.1, 0.15) is 11.1 Å². The Balaban J connectivity index is 1.63. The molecule has 0 saturated heterocycles. The summed E-state index contributed by atoms with van der Waals surface area (Å²) in [6.45, 7) is 0.617. The van der Waals surface area contributed by atoms with Crippen LogP contribution in [0.4, 0.5) is 11.4 Å². The number of anilines is 2. The zero-order chi connectivity index (χ0) is 18.2. The molecule has 0 aliphatic carbocycles. The van der Waals surface area contributed by atoms with E-state index in [1.807, 2.05) is 66.7 Å². The standard InChI is InChI=1S/C22H22N2O2/c23-22(25)15-18-9-4-5-12-21(18)24-19-10-6-11-20(16-19)26-14-13-17-7-2-1-3-8-17/h1-12,16,24H,13-15H2,(H2,23,25). The predicted octanol–water partition coefficient (Wildman–Crippen LogP) is 4.08. The van der Waals surface area contributed by atoms with Gasteiger partial charge in [-0.15, -0.1) is 0 Å². The summed E-state index contributed by atoms with van der Waals surface area (Å²) in [5.74, 6) is 0.454. The van der Waals surface area contributed by atoms with Crippen LogP contribution in [0.2, 0.25) is 0 Å². The Morgan fingerprint density at radius 2 is 1.69 bits per heavy atom. The number of carbonyl (C=O) groups excluding carboxylic acids is 1. The van der Waals surface area contributed by atoms with Gasteiger partial charge in [-0.2, -0.15) is 0 Å². The molecule has 0 saturated carbocycles. The molecule has 0 aromatic heterocycles. The molecular weight excluding hydrogens is 324 g/mol. The van der Waals surface area contributed by atoms with Gasteiger partial charge in [-0.05, 0) is 29.3 Å². The van der Waals surface area contributed by atoms with Crippen LogP contribution in [-0.2, 0) is 17.6 Å². The van der Waals surface area contributed by atoms with Crippen LogP contribution in [0.25, 0.3) is 0 Å². The molecule has 0 heterocycles. The van der Waals surface area contributed by atoms with Gasteiger partial charge in [0, 0.05) is 23.9 Å². The zero-order valence-electron chi connectivity index (χ0n) is 14.5. The first-order chi connectivity index (χ1) is 12.7. The molecule has 0 radical (unpaired) electrons. The molecule has 4 heteroatoms. The van der Waals surface area contributed by atoms with Crippen molar-refractivity contribution in [1.82, 2.24) is 0 Å². The van der Waals surface area contributed by atoms with Crippen molar-refractivity contribution < 1.29 is 9.53 Å². The van der Waals surface area contributed by atoms with E-state index in [0.717, 1.165) is 29.1 Å². The third-order valence-electron chi connectivity index (χ3n) is 4.00.